The van der Waals surface area contributed by atoms with Crippen LogP contribution in [0.3, 0.4) is 0 Å². The Bertz CT molecular complexity index is 910. The number of thiocarbonyl (C=S) groups is 1. The minimum Gasteiger partial charge on any atom is -0.345 e. The van der Waals surface area contributed by atoms with E-state index in [1.807, 2.05) is 18.7 Å². The van der Waals surface area contributed by atoms with Crippen molar-refractivity contribution in [2.45, 2.75) is 53.1 Å². The third-order valence-electron chi connectivity index (χ3n) is 5.42. The lowest BCUT2D eigenvalue weighted by Gasteiger charge is -2.28. The van der Waals surface area contributed by atoms with Crippen LogP contribution in [-0.2, 0) is 25.9 Å². The average molecular weight is 421 g/mol. The highest BCUT2D eigenvalue weighted by Gasteiger charge is 2.14. The van der Waals surface area contributed by atoms with Crippen LogP contribution in [0.25, 0.3) is 0 Å². The molecule has 158 valence electrons. The number of aromatic nitrogens is 2. The van der Waals surface area contributed by atoms with Gasteiger partial charge in [0.2, 0.25) is 0 Å². The molecule has 0 fully saturated rings. The molecule has 1 N–H and O–H groups in total. The summed E-state index contributed by atoms with van der Waals surface area (Å²) in [6.07, 6.45) is 8.66. The Morgan fingerprint density at radius 1 is 1.07 bits per heavy atom. The largest absolute Gasteiger partial charge is 0.345 e. The zero-order valence-corrected chi connectivity index (χ0v) is 19.1. The van der Waals surface area contributed by atoms with Crippen molar-refractivity contribution in [1.82, 2.24) is 14.5 Å². The number of anilines is 1. The van der Waals surface area contributed by atoms with Crippen LogP contribution in [0.15, 0.2) is 61.2 Å². The zero-order valence-electron chi connectivity index (χ0n) is 18.3. The van der Waals surface area contributed by atoms with Crippen LogP contribution in [0.1, 0.15) is 42.5 Å². The maximum Gasteiger partial charge on any atom is 0.173 e. The predicted molar refractivity (Wildman–Crippen MR) is 130 cm³/mol. The molecule has 4 nitrogen and oxygen atoms in total. The van der Waals surface area contributed by atoms with Crippen molar-refractivity contribution in [2.75, 3.05) is 11.9 Å². The molecule has 1 heterocycles. The minimum absolute atomic E-state index is 0.789. The zero-order chi connectivity index (χ0) is 21.3. The first kappa shape index (κ1) is 22.0. The maximum atomic E-state index is 5.91. The van der Waals surface area contributed by atoms with E-state index in [0.717, 1.165) is 44.0 Å². The van der Waals surface area contributed by atoms with E-state index in [2.05, 4.69) is 83.0 Å². The molecule has 0 spiro atoms. The van der Waals surface area contributed by atoms with Gasteiger partial charge in [0.05, 0.1) is 6.33 Å². The number of rotatable bonds is 9. The van der Waals surface area contributed by atoms with Crippen LogP contribution in [0.2, 0.25) is 0 Å². The number of para-hydroxylation sites is 1. The van der Waals surface area contributed by atoms with Crippen molar-refractivity contribution in [3.63, 3.8) is 0 Å². The summed E-state index contributed by atoms with van der Waals surface area (Å²) in [4.78, 5) is 6.42. The van der Waals surface area contributed by atoms with Crippen LogP contribution in [0.5, 0.6) is 0 Å². The quantitative estimate of drug-likeness (QED) is 0.456. The Morgan fingerprint density at radius 3 is 2.37 bits per heavy atom. The van der Waals surface area contributed by atoms with Crippen molar-refractivity contribution in [1.29, 1.82) is 0 Å². The lowest BCUT2D eigenvalue weighted by Crippen LogP contribution is -2.36. The monoisotopic (exact) mass is 420 g/mol. The van der Waals surface area contributed by atoms with Gasteiger partial charge < -0.3 is 14.8 Å². The third-order valence-corrected chi connectivity index (χ3v) is 5.78. The molecule has 0 unspecified atom stereocenters. The standard InChI is InChI=1S/C25H32N4S/c1-4-22-8-6-9-23(5-2)24(22)27-25(30)29(16-7-15-28-17-14-26-19-28)18-21-12-10-20(3)11-13-21/h6,8-14,17,19H,4-5,7,15-16,18H2,1-3H3,(H,27,30). The molecule has 30 heavy (non-hydrogen) atoms. The van der Waals surface area contributed by atoms with Crippen molar-refractivity contribution in [2.24, 2.45) is 0 Å². The van der Waals surface area contributed by atoms with E-state index in [9.17, 15) is 0 Å². The predicted octanol–water partition coefficient (Wildman–Crippen LogP) is 5.61. The maximum absolute atomic E-state index is 5.91. The number of hydrogen-bond donors (Lipinski definition) is 1. The van der Waals surface area contributed by atoms with Crippen molar-refractivity contribution in [3.05, 3.63) is 83.4 Å². The Morgan fingerprint density at radius 2 is 1.77 bits per heavy atom. The topological polar surface area (TPSA) is 33.1 Å². The van der Waals surface area contributed by atoms with E-state index in [-0.39, 0.29) is 0 Å². The van der Waals surface area contributed by atoms with Gasteiger partial charge in [-0.3, -0.25) is 0 Å². The SMILES string of the molecule is CCc1cccc(CC)c1NC(=S)N(CCCn1ccnc1)Cc1ccc(C)cc1. The van der Waals surface area contributed by atoms with E-state index in [0.29, 0.717) is 0 Å². The van der Waals surface area contributed by atoms with Gasteiger partial charge in [0.15, 0.2) is 5.11 Å². The molecule has 2 aromatic carbocycles. The van der Waals surface area contributed by atoms with Gasteiger partial charge >= 0.3 is 0 Å². The molecule has 0 bridgehead atoms. The Hall–Kier alpha value is -2.66. The Balaban J connectivity index is 1.75. The summed E-state index contributed by atoms with van der Waals surface area (Å²) >= 11 is 5.91. The van der Waals surface area contributed by atoms with Gasteiger partial charge in [0.25, 0.3) is 0 Å². The summed E-state index contributed by atoms with van der Waals surface area (Å²) < 4.78 is 2.11. The van der Waals surface area contributed by atoms with Gasteiger partial charge in [0.1, 0.15) is 0 Å². The van der Waals surface area contributed by atoms with Crippen LogP contribution in [-0.4, -0.2) is 26.1 Å². The molecule has 3 rings (SSSR count). The summed E-state index contributed by atoms with van der Waals surface area (Å²) in [6, 6.07) is 15.2. The van der Waals surface area contributed by atoms with Gasteiger partial charge in [-0.05, 0) is 55.1 Å². The number of benzene rings is 2. The second-order valence-electron chi connectivity index (χ2n) is 7.65. The van der Waals surface area contributed by atoms with Crippen LogP contribution >= 0.6 is 12.2 Å². The smallest absolute Gasteiger partial charge is 0.173 e. The summed E-state index contributed by atoms with van der Waals surface area (Å²) in [6.45, 7) is 9.11. The van der Waals surface area contributed by atoms with Crippen LogP contribution in [0.4, 0.5) is 5.69 Å². The number of hydrogen-bond acceptors (Lipinski definition) is 2. The van der Waals surface area contributed by atoms with Crippen LogP contribution < -0.4 is 5.32 Å². The Labute approximate surface area is 186 Å². The highest BCUT2D eigenvalue weighted by molar-refractivity contribution is 7.80. The van der Waals surface area contributed by atoms with Gasteiger partial charge in [-0.25, -0.2) is 4.98 Å². The number of nitrogens with zero attached hydrogens (tertiary/aromatic N) is 3. The van der Waals surface area contributed by atoms with E-state index < -0.39 is 0 Å². The van der Waals surface area contributed by atoms with Gasteiger partial charge in [-0.15, -0.1) is 0 Å². The third kappa shape index (κ3) is 5.92. The van der Waals surface area contributed by atoms with Crippen molar-refractivity contribution < 1.29 is 0 Å². The molecular formula is C25H32N4S. The molecule has 0 amide bonds. The molecular weight excluding hydrogens is 388 g/mol. The van der Waals surface area contributed by atoms with Gasteiger partial charge in [0, 0.05) is 37.7 Å². The summed E-state index contributed by atoms with van der Waals surface area (Å²) in [5, 5.41) is 4.38. The minimum atomic E-state index is 0.789. The fourth-order valence-electron chi connectivity index (χ4n) is 3.62. The van der Waals surface area contributed by atoms with Gasteiger partial charge in [-0.1, -0.05) is 61.9 Å². The molecule has 0 radical (unpaired) electrons. The first-order valence-electron chi connectivity index (χ1n) is 10.8. The second kappa shape index (κ2) is 10.9. The fourth-order valence-corrected chi connectivity index (χ4v) is 3.88. The number of imidazole rings is 1. The molecule has 1 aromatic heterocycles. The van der Waals surface area contributed by atoms with Crippen LogP contribution in [0, 0.1) is 6.92 Å². The van der Waals surface area contributed by atoms with E-state index in [1.165, 1.54) is 27.9 Å². The first-order valence-corrected chi connectivity index (χ1v) is 11.2. The van der Waals surface area contributed by atoms with Crippen molar-refractivity contribution >= 4 is 23.0 Å². The lowest BCUT2D eigenvalue weighted by atomic mass is 10.0. The molecule has 5 heteroatoms. The average Bonchev–Trinajstić information content (AvgIpc) is 3.28. The molecule has 0 aliphatic heterocycles. The molecule has 0 saturated heterocycles. The van der Waals surface area contributed by atoms with Crippen molar-refractivity contribution in [3.8, 4) is 0 Å². The molecule has 0 aliphatic rings. The van der Waals surface area contributed by atoms with E-state index in [1.54, 1.807) is 0 Å². The van der Waals surface area contributed by atoms with Gasteiger partial charge in [-0.2, -0.15) is 0 Å². The molecule has 0 saturated carbocycles. The molecule has 0 atom stereocenters. The molecule has 0 aliphatic carbocycles. The highest BCUT2D eigenvalue weighted by Crippen LogP contribution is 2.23. The normalized spacial score (nSPS) is 10.8. The first-order chi connectivity index (χ1) is 14.6. The Kier molecular flexibility index (Phi) is 8.03. The fraction of sp³-hybridized carbons (Fsp3) is 0.360. The van der Waals surface area contributed by atoms with E-state index in [4.69, 9.17) is 12.2 Å². The highest BCUT2D eigenvalue weighted by atomic mass is 32.1. The van der Waals surface area contributed by atoms with E-state index >= 15 is 0 Å². The summed E-state index contributed by atoms with van der Waals surface area (Å²) in [5.41, 5.74) is 6.34. The lowest BCUT2D eigenvalue weighted by molar-refractivity contribution is 0.396. The summed E-state index contributed by atoms with van der Waals surface area (Å²) in [5.74, 6) is 0. The number of nitrogens with one attached hydrogen (secondary N) is 1. The second-order valence-corrected chi connectivity index (χ2v) is 8.04. The molecule has 3 aromatic rings. The number of aryl methyl sites for hydroxylation is 4. The summed E-state index contributed by atoms with van der Waals surface area (Å²) in [7, 11) is 0.